The first-order valence-corrected chi connectivity index (χ1v) is 10.2. The molecule has 0 unspecified atom stereocenters. The van der Waals surface area contributed by atoms with Crippen molar-refractivity contribution in [2.24, 2.45) is 0 Å². The number of piperidine rings is 1. The number of hydrogen-bond acceptors (Lipinski definition) is 7. The first-order valence-electron chi connectivity index (χ1n) is 10.2. The molecule has 160 valence electrons. The maximum atomic E-state index is 13.3. The number of likely N-dealkylation sites (tertiary alicyclic amines) is 1. The first-order chi connectivity index (χ1) is 15.1. The molecule has 1 aliphatic rings. The van der Waals surface area contributed by atoms with Crippen LogP contribution >= 0.6 is 0 Å². The van der Waals surface area contributed by atoms with Crippen LogP contribution in [0.1, 0.15) is 31.4 Å². The average molecular weight is 422 g/mol. The van der Waals surface area contributed by atoms with Crippen molar-refractivity contribution in [3.05, 3.63) is 66.6 Å². The normalized spacial score (nSPS) is 15.4. The Morgan fingerprint density at radius 1 is 1.19 bits per heavy atom. The van der Waals surface area contributed by atoms with Gasteiger partial charge in [-0.2, -0.15) is 0 Å². The molecule has 1 N–H and O–H groups in total. The van der Waals surface area contributed by atoms with Gasteiger partial charge in [-0.3, -0.25) is 9.78 Å². The summed E-state index contributed by atoms with van der Waals surface area (Å²) >= 11 is 0. The van der Waals surface area contributed by atoms with Gasteiger partial charge in [0.05, 0.1) is 11.9 Å². The van der Waals surface area contributed by atoms with E-state index in [1.165, 1.54) is 12.1 Å². The molecule has 0 aliphatic carbocycles. The summed E-state index contributed by atoms with van der Waals surface area (Å²) in [6, 6.07) is 7.55. The van der Waals surface area contributed by atoms with Crippen LogP contribution in [0, 0.1) is 5.82 Å². The minimum atomic E-state index is -0.684. The van der Waals surface area contributed by atoms with Crippen molar-refractivity contribution in [2.75, 3.05) is 18.4 Å². The molecule has 1 atom stereocenters. The molecule has 1 saturated heterocycles. The van der Waals surface area contributed by atoms with Crippen molar-refractivity contribution in [1.82, 2.24) is 24.8 Å². The second-order valence-electron chi connectivity index (χ2n) is 7.34. The number of ether oxygens (including phenoxy) is 1. The second-order valence-corrected chi connectivity index (χ2v) is 7.34. The topological polar surface area (TPSA) is 93.1 Å². The van der Waals surface area contributed by atoms with E-state index in [4.69, 9.17) is 4.74 Å². The molecule has 2 aromatic heterocycles. The number of anilines is 2. The summed E-state index contributed by atoms with van der Waals surface area (Å²) in [6.07, 6.45) is 7.56. The maximum Gasteiger partial charge on any atom is 0.263 e. The van der Waals surface area contributed by atoms with Crippen LogP contribution in [-0.2, 0) is 4.79 Å². The lowest BCUT2D eigenvalue weighted by molar-refractivity contribution is -0.139. The fourth-order valence-electron chi connectivity index (χ4n) is 3.56. The van der Waals surface area contributed by atoms with Crippen molar-refractivity contribution in [2.45, 2.75) is 31.8 Å². The third-order valence-corrected chi connectivity index (χ3v) is 5.14. The molecule has 1 aromatic carbocycles. The molecular formula is C22H23FN6O2. The molecule has 0 bridgehead atoms. The molecule has 0 saturated carbocycles. The first kappa shape index (κ1) is 20.6. The fraction of sp³-hybridized carbons (Fsp3) is 0.318. The van der Waals surface area contributed by atoms with E-state index in [0.717, 1.165) is 18.5 Å². The lowest BCUT2D eigenvalue weighted by Gasteiger charge is -2.33. The van der Waals surface area contributed by atoms with E-state index in [9.17, 15) is 9.18 Å². The van der Waals surface area contributed by atoms with Gasteiger partial charge in [0.15, 0.2) is 11.9 Å². The van der Waals surface area contributed by atoms with Gasteiger partial charge in [-0.1, -0.05) is 6.07 Å². The Kier molecular flexibility index (Phi) is 6.30. The van der Waals surface area contributed by atoms with Crippen molar-refractivity contribution in [3.8, 4) is 5.75 Å². The zero-order valence-corrected chi connectivity index (χ0v) is 17.1. The molecule has 31 heavy (non-hydrogen) atoms. The monoisotopic (exact) mass is 422 g/mol. The molecule has 1 amide bonds. The summed E-state index contributed by atoms with van der Waals surface area (Å²) < 4.78 is 19.0. The molecule has 1 aliphatic heterocycles. The number of carbonyl (C=O) groups excluding carboxylic acids is 1. The van der Waals surface area contributed by atoms with Gasteiger partial charge in [0.2, 0.25) is 5.95 Å². The largest absolute Gasteiger partial charge is 0.481 e. The second kappa shape index (κ2) is 9.46. The summed E-state index contributed by atoms with van der Waals surface area (Å²) in [5.41, 5.74) is 0.872. The van der Waals surface area contributed by atoms with Gasteiger partial charge in [0, 0.05) is 43.7 Å². The smallest absolute Gasteiger partial charge is 0.263 e. The van der Waals surface area contributed by atoms with E-state index in [2.05, 4.69) is 25.3 Å². The van der Waals surface area contributed by atoms with Gasteiger partial charge >= 0.3 is 0 Å². The molecule has 0 spiro atoms. The van der Waals surface area contributed by atoms with E-state index in [1.807, 2.05) is 0 Å². The molecule has 0 radical (unpaired) electrons. The third-order valence-electron chi connectivity index (χ3n) is 5.14. The molecule has 3 aromatic rings. The van der Waals surface area contributed by atoms with Crippen LogP contribution in [-0.4, -0.2) is 49.9 Å². The van der Waals surface area contributed by atoms with Crippen LogP contribution in [0.2, 0.25) is 0 Å². The Labute approximate surface area is 179 Å². The maximum absolute atomic E-state index is 13.3. The highest BCUT2D eigenvalue weighted by atomic mass is 19.1. The Hall–Kier alpha value is -3.62. The van der Waals surface area contributed by atoms with E-state index in [0.29, 0.717) is 30.6 Å². The van der Waals surface area contributed by atoms with Crippen LogP contribution in [0.15, 0.2) is 55.1 Å². The van der Waals surface area contributed by atoms with Crippen LogP contribution in [0.25, 0.3) is 0 Å². The minimum Gasteiger partial charge on any atom is -0.481 e. The van der Waals surface area contributed by atoms with Gasteiger partial charge in [0.25, 0.3) is 5.91 Å². The number of amides is 1. The molecule has 3 heterocycles. The van der Waals surface area contributed by atoms with Crippen molar-refractivity contribution in [3.63, 3.8) is 0 Å². The SMILES string of the molecule is C[C@H](Oc1cccc(F)c1)C(=O)N1CCC(c2cncc(Nc3ncccn3)n2)CC1. The zero-order chi connectivity index (χ0) is 21.6. The Morgan fingerprint density at radius 2 is 1.97 bits per heavy atom. The highest BCUT2D eigenvalue weighted by molar-refractivity contribution is 5.81. The van der Waals surface area contributed by atoms with Crippen LogP contribution < -0.4 is 10.1 Å². The summed E-state index contributed by atoms with van der Waals surface area (Å²) in [4.78, 5) is 31.7. The average Bonchev–Trinajstić information content (AvgIpc) is 2.79. The molecule has 4 rings (SSSR count). The number of rotatable bonds is 6. The van der Waals surface area contributed by atoms with E-state index in [1.54, 1.807) is 54.8 Å². The van der Waals surface area contributed by atoms with Crippen molar-refractivity contribution < 1.29 is 13.9 Å². The van der Waals surface area contributed by atoms with Gasteiger partial charge in [-0.05, 0) is 38.0 Å². The number of halogens is 1. The van der Waals surface area contributed by atoms with Crippen LogP contribution in [0.4, 0.5) is 16.2 Å². The highest BCUT2D eigenvalue weighted by Crippen LogP contribution is 2.28. The molecule has 8 nitrogen and oxygen atoms in total. The van der Waals surface area contributed by atoms with E-state index >= 15 is 0 Å². The summed E-state index contributed by atoms with van der Waals surface area (Å²) in [6.45, 7) is 2.88. The quantitative estimate of drug-likeness (QED) is 0.651. The predicted octanol–water partition coefficient (Wildman–Crippen LogP) is 3.32. The van der Waals surface area contributed by atoms with Gasteiger partial charge < -0.3 is 15.0 Å². The van der Waals surface area contributed by atoms with Crippen molar-refractivity contribution >= 4 is 17.7 Å². The van der Waals surface area contributed by atoms with E-state index < -0.39 is 11.9 Å². The fourth-order valence-corrected chi connectivity index (χ4v) is 3.56. The number of benzene rings is 1. The summed E-state index contributed by atoms with van der Waals surface area (Å²) in [5.74, 6) is 1.09. The molecular weight excluding hydrogens is 399 g/mol. The predicted molar refractivity (Wildman–Crippen MR) is 112 cm³/mol. The van der Waals surface area contributed by atoms with E-state index in [-0.39, 0.29) is 11.8 Å². The Morgan fingerprint density at radius 3 is 2.71 bits per heavy atom. The van der Waals surface area contributed by atoms with Gasteiger partial charge in [0.1, 0.15) is 11.6 Å². The molecule has 9 heteroatoms. The summed E-state index contributed by atoms with van der Waals surface area (Å²) in [5, 5.41) is 3.05. The summed E-state index contributed by atoms with van der Waals surface area (Å²) in [7, 11) is 0. The number of hydrogen-bond donors (Lipinski definition) is 1. The van der Waals surface area contributed by atoms with Crippen LogP contribution in [0.5, 0.6) is 5.75 Å². The van der Waals surface area contributed by atoms with Gasteiger partial charge in [-0.25, -0.2) is 19.3 Å². The number of aromatic nitrogens is 4. The number of nitrogens with zero attached hydrogens (tertiary/aromatic N) is 5. The Balaban J connectivity index is 1.33. The van der Waals surface area contributed by atoms with Gasteiger partial charge in [-0.15, -0.1) is 0 Å². The van der Waals surface area contributed by atoms with Crippen LogP contribution in [0.3, 0.4) is 0 Å². The highest BCUT2D eigenvalue weighted by Gasteiger charge is 2.28. The number of carbonyl (C=O) groups is 1. The lowest BCUT2D eigenvalue weighted by atomic mass is 9.93. The Bertz CT molecular complexity index is 1030. The minimum absolute atomic E-state index is 0.106. The molecule has 1 fully saturated rings. The third kappa shape index (κ3) is 5.30. The van der Waals surface area contributed by atoms with Crippen molar-refractivity contribution in [1.29, 1.82) is 0 Å². The number of nitrogens with one attached hydrogen (secondary N) is 1. The lowest BCUT2D eigenvalue weighted by Crippen LogP contribution is -2.44. The zero-order valence-electron chi connectivity index (χ0n) is 17.1. The standard InChI is InChI=1S/C22H23FN6O2/c1-15(31-18-5-2-4-17(23)12-18)21(30)29-10-6-16(7-11-29)19-13-24-14-20(27-19)28-22-25-8-3-9-26-22/h2-5,8-9,12-16H,6-7,10-11H2,1H3,(H,25,26,27,28)/t15-/m0/s1.